The predicted octanol–water partition coefficient (Wildman–Crippen LogP) is 6.08. The lowest BCUT2D eigenvalue weighted by Gasteiger charge is -2.35. The van der Waals surface area contributed by atoms with Gasteiger partial charge in [0.05, 0.1) is 24.8 Å². The standard InChI is InChI=1S/C36H47N3O6S/c1-7-32(36(41)37-29-15-9-8-10-16-29)38(23-28-14-12-11-13-27(28)4)35(40)24-39(30-20-25(2)19-26(3)21-30)46(42,43)31-17-18-33(44-5)34(22-31)45-6/h11-14,17-22,29,32H,7-10,15-16,23-24H2,1-6H3,(H,37,41)/t32-/m0/s1. The van der Waals surface area contributed by atoms with Crippen molar-refractivity contribution in [1.29, 1.82) is 0 Å². The van der Waals surface area contributed by atoms with Gasteiger partial charge in [0, 0.05) is 18.7 Å². The van der Waals surface area contributed by atoms with Gasteiger partial charge < -0.3 is 19.7 Å². The Morgan fingerprint density at radius 1 is 0.891 bits per heavy atom. The number of aryl methyl sites for hydroxylation is 3. The van der Waals surface area contributed by atoms with Gasteiger partial charge in [-0.15, -0.1) is 0 Å². The number of carbonyl (C=O) groups is 2. The summed E-state index contributed by atoms with van der Waals surface area (Å²) in [5, 5.41) is 3.19. The number of anilines is 1. The molecule has 0 radical (unpaired) electrons. The van der Waals surface area contributed by atoms with Gasteiger partial charge >= 0.3 is 0 Å². The average molecular weight is 650 g/mol. The van der Waals surface area contributed by atoms with Crippen LogP contribution in [0, 0.1) is 20.8 Å². The van der Waals surface area contributed by atoms with E-state index in [9.17, 15) is 18.0 Å². The fourth-order valence-electron chi connectivity index (χ4n) is 6.16. The van der Waals surface area contributed by atoms with Crippen LogP contribution in [0.3, 0.4) is 0 Å². The van der Waals surface area contributed by atoms with Crippen LogP contribution < -0.4 is 19.1 Å². The lowest BCUT2D eigenvalue weighted by atomic mass is 9.95. The molecule has 248 valence electrons. The first-order valence-corrected chi connectivity index (χ1v) is 17.4. The minimum Gasteiger partial charge on any atom is -0.493 e. The van der Waals surface area contributed by atoms with Crippen LogP contribution in [0.1, 0.15) is 67.7 Å². The molecule has 0 aromatic heterocycles. The normalized spacial score (nSPS) is 14.3. The Morgan fingerprint density at radius 3 is 2.15 bits per heavy atom. The summed E-state index contributed by atoms with van der Waals surface area (Å²) in [6.07, 6.45) is 5.49. The fourth-order valence-corrected chi connectivity index (χ4v) is 7.58. The number of carbonyl (C=O) groups excluding carboxylic acids is 2. The summed E-state index contributed by atoms with van der Waals surface area (Å²) in [6, 6.07) is 16.8. The van der Waals surface area contributed by atoms with Gasteiger partial charge in [-0.1, -0.05) is 56.5 Å². The van der Waals surface area contributed by atoms with E-state index in [4.69, 9.17) is 9.47 Å². The van der Waals surface area contributed by atoms with Crippen molar-refractivity contribution in [2.45, 2.75) is 89.7 Å². The van der Waals surface area contributed by atoms with Crippen molar-refractivity contribution in [2.75, 3.05) is 25.1 Å². The Bertz CT molecular complexity index is 1610. The number of hydrogen-bond acceptors (Lipinski definition) is 6. The second kappa shape index (κ2) is 15.5. The van der Waals surface area contributed by atoms with Crippen molar-refractivity contribution in [3.8, 4) is 11.5 Å². The minimum absolute atomic E-state index is 0.0513. The molecule has 4 rings (SSSR count). The quantitative estimate of drug-likeness (QED) is 0.241. The topological polar surface area (TPSA) is 105 Å². The summed E-state index contributed by atoms with van der Waals surface area (Å²) in [7, 11) is -1.37. The average Bonchev–Trinajstić information content (AvgIpc) is 3.03. The van der Waals surface area contributed by atoms with E-state index in [2.05, 4.69) is 5.32 Å². The molecule has 0 aliphatic heterocycles. The van der Waals surface area contributed by atoms with E-state index < -0.39 is 28.5 Å². The SMILES string of the molecule is CC[C@@H](C(=O)NC1CCCCC1)N(Cc1ccccc1C)C(=O)CN(c1cc(C)cc(C)c1)S(=O)(=O)c1ccc(OC)c(OC)c1. The highest BCUT2D eigenvalue weighted by molar-refractivity contribution is 7.92. The number of hydrogen-bond donors (Lipinski definition) is 1. The van der Waals surface area contributed by atoms with E-state index in [0.717, 1.165) is 58.7 Å². The van der Waals surface area contributed by atoms with Crippen molar-refractivity contribution in [3.05, 3.63) is 82.9 Å². The lowest BCUT2D eigenvalue weighted by molar-refractivity contribution is -0.140. The maximum Gasteiger partial charge on any atom is 0.264 e. The zero-order valence-electron chi connectivity index (χ0n) is 27.8. The third-order valence-electron chi connectivity index (χ3n) is 8.66. The summed E-state index contributed by atoms with van der Waals surface area (Å²) in [4.78, 5) is 29.8. The molecule has 2 amide bonds. The molecule has 3 aromatic rings. The molecule has 0 unspecified atom stereocenters. The minimum atomic E-state index is -4.28. The van der Waals surface area contributed by atoms with Gasteiger partial charge in [-0.25, -0.2) is 8.42 Å². The van der Waals surface area contributed by atoms with Crippen LogP contribution in [-0.2, 0) is 26.2 Å². The molecular formula is C36H47N3O6S. The van der Waals surface area contributed by atoms with Gasteiger partial charge in [-0.3, -0.25) is 13.9 Å². The summed E-state index contributed by atoms with van der Waals surface area (Å²) < 4.78 is 40.7. The first-order chi connectivity index (χ1) is 22.0. The Kier molecular flexibility index (Phi) is 11.7. The molecule has 1 atom stereocenters. The van der Waals surface area contributed by atoms with Crippen molar-refractivity contribution in [2.24, 2.45) is 0 Å². The summed E-state index contributed by atoms with van der Waals surface area (Å²) in [5.41, 5.74) is 3.93. The molecule has 0 spiro atoms. The summed E-state index contributed by atoms with van der Waals surface area (Å²) >= 11 is 0. The fraction of sp³-hybridized carbons (Fsp3) is 0.444. The first-order valence-electron chi connectivity index (χ1n) is 16.0. The van der Waals surface area contributed by atoms with Crippen molar-refractivity contribution in [3.63, 3.8) is 0 Å². The molecule has 0 heterocycles. The number of sulfonamides is 1. The molecule has 10 heteroatoms. The maximum absolute atomic E-state index is 14.5. The van der Waals surface area contributed by atoms with Gasteiger partial charge in [-0.05, 0) is 86.6 Å². The molecule has 46 heavy (non-hydrogen) atoms. The van der Waals surface area contributed by atoms with Gasteiger partial charge in [-0.2, -0.15) is 0 Å². The number of methoxy groups -OCH3 is 2. The zero-order chi connectivity index (χ0) is 33.4. The third-order valence-corrected chi connectivity index (χ3v) is 10.4. The van der Waals surface area contributed by atoms with E-state index >= 15 is 0 Å². The van der Waals surface area contributed by atoms with Crippen LogP contribution in [0.25, 0.3) is 0 Å². The van der Waals surface area contributed by atoms with E-state index in [1.165, 1.54) is 32.4 Å². The maximum atomic E-state index is 14.5. The van der Waals surface area contributed by atoms with Crippen LogP contribution in [0.15, 0.2) is 65.6 Å². The van der Waals surface area contributed by atoms with Gasteiger partial charge in [0.2, 0.25) is 11.8 Å². The lowest BCUT2D eigenvalue weighted by Crippen LogP contribution is -2.54. The first kappa shape index (κ1) is 34.8. The van der Waals surface area contributed by atoms with Gasteiger partial charge in [0.1, 0.15) is 12.6 Å². The van der Waals surface area contributed by atoms with E-state index in [1.54, 1.807) is 17.0 Å². The highest BCUT2D eigenvalue weighted by atomic mass is 32.2. The smallest absolute Gasteiger partial charge is 0.264 e. The number of benzene rings is 3. The number of amides is 2. The van der Waals surface area contributed by atoms with E-state index in [1.807, 2.05) is 58.0 Å². The number of rotatable bonds is 13. The molecule has 1 fully saturated rings. The molecule has 9 nitrogen and oxygen atoms in total. The molecule has 1 aliphatic carbocycles. The van der Waals surface area contributed by atoms with E-state index in [-0.39, 0.29) is 29.1 Å². The molecule has 1 saturated carbocycles. The number of nitrogens with zero attached hydrogens (tertiary/aromatic N) is 2. The van der Waals surface area contributed by atoms with Crippen LogP contribution >= 0.6 is 0 Å². The largest absolute Gasteiger partial charge is 0.493 e. The third kappa shape index (κ3) is 8.20. The highest BCUT2D eigenvalue weighted by Crippen LogP contribution is 2.33. The molecule has 1 aliphatic rings. The van der Waals surface area contributed by atoms with Gasteiger partial charge in [0.15, 0.2) is 11.5 Å². The monoisotopic (exact) mass is 649 g/mol. The summed E-state index contributed by atoms with van der Waals surface area (Å²) in [6.45, 7) is 7.27. The zero-order valence-corrected chi connectivity index (χ0v) is 28.7. The van der Waals surface area contributed by atoms with Crippen LogP contribution in [-0.4, -0.2) is 58.0 Å². The van der Waals surface area contributed by atoms with E-state index in [0.29, 0.717) is 17.9 Å². The van der Waals surface area contributed by atoms with Crippen molar-refractivity contribution < 1.29 is 27.5 Å². The molecule has 3 aromatic carbocycles. The Labute approximate surface area is 273 Å². The van der Waals surface area contributed by atoms with Gasteiger partial charge in [0.25, 0.3) is 10.0 Å². The second-order valence-corrected chi connectivity index (χ2v) is 14.0. The molecule has 1 N–H and O–H groups in total. The Hall–Kier alpha value is -4.05. The van der Waals surface area contributed by atoms with Crippen molar-refractivity contribution >= 4 is 27.5 Å². The summed E-state index contributed by atoms with van der Waals surface area (Å²) in [5.74, 6) is -0.0503. The van der Waals surface area contributed by atoms with Crippen molar-refractivity contribution in [1.82, 2.24) is 10.2 Å². The number of nitrogens with one attached hydrogen (secondary N) is 1. The predicted molar refractivity (Wildman–Crippen MR) is 181 cm³/mol. The molecular weight excluding hydrogens is 602 g/mol. The van der Waals surface area contributed by atoms with Crippen LogP contribution in [0.5, 0.6) is 11.5 Å². The molecule has 0 saturated heterocycles. The van der Waals surface area contributed by atoms with Crippen LogP contribution in [0.2, 0.25) is 0 Å². The number of ether oxygens (including phenoxy) is 2. The Morgan fingerprint density at radius 2 is 1.54 bits per heavy atom. The highest BCUT2D eigenvalue weighted by Gasteiger charge is 2.35. The van der Waals surface area contributed by atoms with Crippen LogP contribution in [0.4, 0.5) is 5.69 Å². The second-order valence-electron chi connectivity index (χ2n) is 12.1. The Balaban J connectivity index is 1.77. The molecule has 0 bridgehead atoms.